The molecule has 3 aromatic rings. The van der Waals surface area contributed by atoms with Crippen LogP contribution in [-0.4, -0.2) is 22.1 Å². The van der Waals surface area contributed by atoms with E-state index < -0.39 is 16.9 Å². The van der Waals surface area contributed by atoms with Crippen molar-refractivity contribution in [2.45, 2.75) is 19.9 Å². The van der Waals surface area contributed by atoms with E-state index >= 15 is 0 Å². The predicted octanol–water partition coefficient (Wildman–Crippen LogP) is 4.12. The van der Waals surface area contributed by atoms with Crippen molar-refractivity contribution in [3.8, 4) is 0 Å². The Morgan fingerprint density at radius 3 is 2.59 bits per heavy atom. The van der Waals surface area contributed by atoms with Crippen molar-refractivity contribution < 1.29 is 14.5 Å². The summed E-state index contributed by atoms with van der Waals surface area (Å²) in [6.45, 7) is 3.47. The van der Waals surface area contributed by atoms with Crippen LogP contribution in [0.5, 0.6) is 0 Å². The highest BCUT2D eigenvalue weighted by molar-refractivity contribution is 7.07. The topological polar surface area (TPSA) is 104 Å². The van der Waals surface area contributed by atoms with Crippen LogP contribution < -0.4 is 14.9 Å². The summed E-state index contributed by atoms with van der Waals surface area (Å²) < 4.78 is 6.97. The number of aromatic nitrogens is 1. The molecule has 1 aromatic heterocycles. The number of non-ortho nitro benzene ring substituents is 1. The molecule has 174 valence electrons. The van der Waals surface area contributed by atoms with Gasteiger partial charge in [-0.25, -0.2) is 9.79 Å². The zero-order valence-electron chi connectivity index (χ0n) is 18.0. The van der Waals surface area contributed by atoms with Crippen LogP contribution in [0.2, 0.25) is 10.0 Å². The first-order valence-corrected chi connectivity index (χ1v) is 11.7. The number of carbonyl (C=O) groups excluding carboxylic acids is 1. The zero-order valence-corrected chi connectivity index (χ0v) is 20.3. The fourth-order valence-corrected chi connectivity index (χ4v) is 5.09. The molecule has 1 atom stereocenters. The highest BCUT2D eigenvalue weighted by atomic mass is 35.5. The molecule has 1 aliphatic rings. The second-order valence-electron chi connectivity index (χ2n) is 7.30. The fourth-order valence-electron chi connectivity index (χ4n) is 3.60. The summed E-state index contributed by atoms with van der Waals surface area (Å²) in [6, 6.07) is 9.95. The molecule has 0 radical (unpaired) electrons. The molecule has 4 rings (SSSR count). The van der Waals surface area contributed by atoms with Gasteiger partial charge < -0.3 is 4.74 Å². The van der Waals surface area contributed by atoms with E-state index in [0.29, 0.717) is 36.2 Å². The van der Waals surface area contributed by atoms with Gasteiger partial charge in [0.25, 0.3) is 11.2 Å². The number of nitrogens with zero attached hydrogens (tertiary/aromatic N) is 3. The molecular weight excluding hydrogens is 501 g/mol. The molecule has 0 spiro atoms. The minimum absolute atomic E-state index is 0.0808. The summed E-state index contributed by atoms with van der Waals surface area (Å²) in [5.74, 6) is -0.609. The number of allylic oxidation sites excluding steroid dienone is 1. The third kappa shape index (κ3) is 4.42. The summed E-state index contributed by atoms with van der Waals surface area (Å²) in [7, 11) is 0. The molecule has 0 amide bonds. The lowest BCUT2D eigenvalue weighted by Crippen LogP contribution is -2.35. The number of thiazole rings is 1. The van der Waals surface area contributed by atoms with E-state index in [0.717, 1.165) is 11.3 Å². The first kappa shape index (κ1) is 23.9. The molecule has 0 bridgehead atoms. The van der Waals surface area contributed by atoms with Crippen LogP contribution in [0.4, 0.5) is 5.69 Å². The minimum Gasteiger partial charge on any atom is -0.463 e. The fraction of sp³-hybridized carbons (Fsp3) is 0.174. The van der Waals surface area contributed by atoms with Crippen molar-refractivity contribution in [2.24, 2.45) is 4.99 Å². The molecule has 0 unspecified atom stereocenters. The Morgan fingerprint density at radius 2 is 1.97 bits per heavy atom. The highest BCUT2D eigenvalue weighted by Gasteiger charge is 2.31. The van der Waals surface area contributed by atoms with Crippen molar-refractivity contribution >= 4 is 58.0 Å². The maximum atomic E-state index is 13.2. The SMILES string of the molecule is CCOC(=O)C1=C(C)n2c(s/c(=C\c3ccc(Cl)cc3Cl)c2=O)=N[C@H]1c1ccc([N+](=O)[O-])cc1. The number of nitro benzene ring substituents is 1. The van der Waals surface area contributed by atoms with Crippen molar-refractivity contribution in [3.05, 3.63) is 99.0 Å². The minimum atomic E-state index is -0.787. The van der Waals surface area contributed by atoms with Gasteiger partial charge in [0.15, 0.2) is 4.80 Å². The van der Waals surface area contributed by atoms with Gasteiger partial charge in [0.05, 0.1) is 21.6 Å². The van der Waals surface area contributed by atoms with Crippen LogP contribution in [-0.2, 0) is 9.53 Å². The van der Waals surface area contributed by atoms with Gasteiger partial charge in [-0.05, 0) is 55.3 Å². The summed E-state index contributed by atoms with van der Waals surface area (Å²) in [4.78, 5) is 41.7. The molecule has 0 aliphatic carbocycles. The predicted molar refractivity (Wildman–Crippen MR) is 131 cm³/mol. The van der Waals surface area contributed by atoms with Gasteiger partial charge in [0, 0.05) is 27.9 Å². The second-order valence-corrected chi connectivity index (χ2v) is 9.15. The molecule has 1 aliphatic heterocycles. The second kappa shape index (κ2) is 9.54. The van der Waals surface area contributed by atoms with Crippen molar-refractivity contribution in [1.29, 1.82) is 0 Å². The smallest absolute Gasteiger partial charge is 0.338 e. The number of esters is 1. The molecule has 34 heavy (non-hydrogen) atoms. The number of halogens is 2. The van der Waals surface area contributed by atoms with Crippen LogP contribution in [0.3, 0.4) is 0 Å². The summed E-state index contributed by atoms with van der Waals surface area (Å²) >= 11 is 13.4. The average molecular weight is 518 g/mol. The van der Waals surface area contributed by atoms with E-state index in [4.69, 9.17) is 27.9 Å². The maximum absolute atomic E-state index is 13.2. The summed E-state index contributed by atoms with van der Waals surface area (Å²) in [6.07, 6.45) is 1.64. The van der Waals surface area contributed by atoms with Gasteiger partial charge in [0.2, 0.25) is 0 Å². The molecule has 0 N–H and O–H groups in total. The Hall–Kier alpha value is -3.27. The molecule has 8 nitrogen and oxygen atoms in total. The van der Waals surface area contributed by atoms with Crippen molar-refractivity contribution in [2.75, 3.05) is 6.61 Å². The molecular formula is C23H17Cl2N3O5S. The molecule has 2 heterocycles. The lowest BCUT2D eigenvalue weighted by Gasteiger charge is -2.22. The van der Waals surface area contributed by atoms with Crippen LogP contribution in [0.15, 0.2) is 57.8 Å². The van der Waals surface area contributed by atoms with E-state index in [9.17, 15) is 19.7 Å². The van der Waals surface area contributed by atoms with E-state index in [2.05, 4.69) is 4.99 Å². The van der Waals surface area contributed by atoms with Crippen molar-refractivity contribution in [3.63, 3.8) is 0 Å². The lowest BCUT2D eigenvalue weighted by molar-refractivity contribution is -0.384. The maximum Gasteiger partial charge on any atom is 0.338 e. The number of rotatable bonds is 5. The van der Waals surface area contributed by atoms with Gasteiger partial charge >= 0.3 is 5.97 Å². The highest BCUT2D eigenvalue weighted by Crippen LogP contribution is 2.33. The van der Waals surface area contributed by atoms with Crippen LogP contribution in [0.25, 0.3) is 11.8 Å². The normalized spacial score (nSPS) is 15.6. The Morgan fingerprint density at radius 1 is 1.26 bits per heavy atom. The van der Waals surface area contributed by atoms with E-state index in [1.807, 2.05) is 0 Å². The summed E-state index contributed by atoms with van der Waals surface area (Å²) in [5, 5.41) is 11.9. The zero-order chi connectivity index (χ0) is 24.6. The monoisotopic (exact) mass is 517 g/mol. The van der Waals surface area contributed by atoms with Gasteiger partial charge in [-0.1, -0.05) is 40.6 Å². The Kier molecular flexibility index (Phi) is 6.70. The Bertz CT molecular complexity index is 1520. The third-order valence-corrected chi connectivity index (χ3v) is 6.75. The molecule has 11 heteroatoms. The standard InChI is InChI=1S/C23H17Cl2N3O5S/c1-3-33-22(30)19-12(2)27-21(29)18(10-14-4-7-15(24)11-17(14)25)34-23(27)26-20(19)13-5-8-16(9-6-13)28(31)32/h4-11,20H,3H2,1-2H3/b18-10-/t20-/m0/s1. The number of benzene rings is 2. The Labute approximate surface area is 207 Å². The van der Waals surface area contributed by atoms with Gasteiger partial charge in [-0.3, -0.25) is 19.5 Å². The van der Waals surface area contributed by atoms with Crippen LogP contribution in [0, 0.1) is 10.1 Å². The first-order valence-electron chi connectivity index (χ1n) is 10.1. The average Bonchev–Trinajstić information content (AvgIpc) is 3.11. The van der Waals surface area contributed by atoms with Crippen LogP contribution >= 0.6 is 34.5 Å². The molecule has 0 fully saturated rings. The number of nitro groups is 1. The first-order chi connectivity index (χ1) is 16.2. The van der Waals surface area contributed by atoms with E-state index in [1.54, 1.807) is 50.3 Å². The number of hydrogen-bond donors (Lipinski definition) is 0. The molecule has 0 saturated heterocycles. The quantitative estimate of drug-likeness (QED) is 0.287. The Balaban J connectivity index is 1.93. The van der Waals surface area contributed by atoms with Gasteiger partial charge in [-0.2, -0.15) is 0 Å². The lowest BCUT2D eigenvalue weighted by atomic mass is 9.96. The summed E-state index contributed by atoms with van der Waals surface area (Å²) in [5.41, 5.74) is 1.32. The third-order valence-electron chi connectivity index (χ3n) is 5.21. The molecule has 0 saturated carbocycles. The van der Waals surface area contributed by atoms with Crippen molar-refractivity contribution in [1.82, 2.24) is 4.57 Å². The van der Waals surface area contributed by atoms with Gasteiger partial charge in [-0.15, -0.1) is 0 Å². The van der Waals surface area contributed by atoms with Crippen LogP contribution in [0.1, 0.15) is 31.0 Å². The number of fused-ring (bicyclic) bond motifs is 1. The number of ether oxygens (including phenoxy) is 1. The molecule has 2 aromatic carbocycles. The van der Waals surface area contributed by atoms with E-state index in [1.165, 1.54) is 16.7 Å². The van der Waals surface area contributed by atoms with E-state index in [-0.39, 0.29) is 23.4 Å². The van der Waals surface area contributed by atoms with Gasteiger partial charge in [0.1, 0.15) is 6.04 Å². The number of hydrogen-bond acceptors (Lipinski definition) is 7. The largest absolute Gasteiger partial charge is 0.463 e. The number of carbonyl (C=O) groups is 1.